The molecule has 0 bridgehead atoms. The number of hydrogen-bond donors (Lipinski definition) is 0. The normalized spacial score (nSPS) is 13.6. The van der Waals surface area contributed by atoms with Crippen molar-refractivity contribution in [2.75, 3.05) is 44.9 Å². The molecule has 7 nitrogen and oxygen atoms in total. The second-order valence-electron chi connectivity index (χ2n) is 7.17. The molecule has 9 heteroatoms. The summed E-state index contributed by atoms with van der Waals surface area (Å²) in [4.78, 5) is 42.8. The highest BCUT2D eigenvalue weighted by atomic mass is 35.5. The van der Waals surface area contributed by atoms with Crippen LogP contribution in [0.3, 0.4) is 0 Å². The number of carbonyl (C=O) groups excluding carboxylic acids is 3. The smallest absolute Gasteiger partial charge is 0.254 e. The first kappa shape index (κ1) is 23.1. The first-order valence-corrected chi connectivity index (χ1v) is 10.4. The number of nitrogens with zero attached hydrogens (tertiary/aromatic N) is 3. The number of ether oxygens (including phenoxy) is 1. The van der Waals surface area contributed by atoms with Crippen molar-refractivity contribution in [2.45, 2.75) is 6.92 Å². The number of methoxy groups -OCH3 is 1. The third kappa shape index (κ3) is 5.36. The SMILES string of the molecule is COCCN(CC(=O)N1CC(=O)N(c2cccc(Cl)c2C)C1)C(=O)c1cccc(Cl)c1. The molecular formula is C22H23Cl2N3O4. The lowest BCUT2D eigenvalue weighted by molar-refractivity contribution is -0.132. The van der Waals surface area contributed by atoms with Gasteiger partial charge in [0.15, 0.2) is 0 Å². The van der Waals surface area contributed by atoms with Gasteiger partial charge in [0.2, 0.25) is 11.8 Å². The summed E-state index contributed by atoms with van der Waals surface area (Å²) in [7, 11) is 1.52. The molecule has 1 aliphatic heterocycles. The number of rotatable bonds is 7. The second-order valence-corrected chi connectivity index (χ2v) is 8.01. The Labute approximate surface area is 191 Å². The molecular weight excluding hydrogens is 441 g/mol. The van der Waals surface area contributed by atoms with Crippen LogP contribution in [0.25, 0.3) is 0 Å². The summed E-state index contributed by atoms with van der Waals surface area (Å²) < 4.78 is 5.09. The largest absolute Gasteiger partial charge is 0.383 e. The molecule has 1 heterocycles. The number of hydrogen-bond acceptors (Lipinski definition) is 4. The molecule has 31 heavy (non-hydrogen) atoms. The van der Waals surface area contributed by atoms with Crippen LogP contribution in [0.4, 0.5) is 5.69 Å². The maximum Gasteiger partial charge on any atom is 0.254 e. The van der Waals surface area contributed by atoms with Gasteiger partial charge in [0, 0.05) is 35.0 Å². The van der Waals surface area contributed by atoms with E-state index >= 15 is 0 Å². The van der Waals surface area contributed by atoms with Crippen molar-refractivity contribution in [2.24, 2.45) is 0 Å². The fourth-order valence-electron chi connectivity index (χ4n) is 3.34. The van der Waals surface area contributed by atoms with Crippen LogP contribution in [0.15, 0.2) is 42.5 Å². The van der Waals surface area contributed by atoms with E-state index in [0.717, 1.165) is 5.56 Å². The van der Waals surface area contributed by atoms with Crippen molar-refractivity contribution in [3.8, 4) is 0 Å². The Bertz CT molecular complexity index is 998. The minimum Gasteiger partial charge on any atom is -0.383 e. The van der Waals surface area contributed by atoms with Crippen molar-refractivity contribution in [3.05, 3.63) is 63.6 Å². The molecule has 0 spiro atoms. The molecule has 0 aromatic heterocycles. The number of amides is 3. The molecule has 1 aliphatic rings. The van der Waals surface area contributed by atoms with Gasteiger partial charge in [0.1, 0.15) is 19.8 Å². The Hall–Kier alpha value is -2.61. The average Bonchev–Trinajstić information content (AvgIpc) is 3.14. The average molecular weight is 464 g/mol. The Morgan fingerprint density at radius 2 is 1.90 bits per heavy atom. The quantitative estimate of drug-likeness (QED) is 0.631. The zero-order valence-corrected chi connectivity index (χ0v) is 18.8. The van der Waals surface area contributed by atoms with Crippen LogP contribution in [0.1, 0.15) is 15.9 Å². The zero-order valence-electron chi connectivity index (χ0n) is 17.3. The Morgan fingerprint density at radius 1 is 1.16 bits per heavy atom. The van der Waals surface area contributed by atoms with Crippen LogP contribution < -0.4 is 4.90 Å². The fourth-order valence-corrected chi connectivity index (χ4v) is 3.70. The lowest BCUT2D eigenvalue weighted by Gasteiger charge is -2.25. The molecule has 0 atom stereocenters. The van der Waals surface area contributed by atoms with Crippen molar-refractivity contribution < 1.29 is 19.1 Å². The van der Waals surface area contributed by atoms with Gasteiger partial charge in [-0.3, -0.25) is 19.3 Å². The van der Waals surface area contributed by atoms with E-state index in [0.29, 0.717) is 21.3 Å². The van der Waals surface area contributed by atoms with E-state index < -0.39 is 0 Å². The lowest BCUT2D eigenvalue weighted by Crippen LogP contribution is -2.44. The molecule has 1 saturated heterocycles. The number of halogens is 2. The molecule has 2 aromatic carbocycles. The highest BCUT2D eigenvalue weighted by Gasteiger charge is 2.34. The van der Waals surface area contributed by atoms with E-state index in [-0.39, 0.29) is 50.6 Å². The maximum absolute atomic E-state index is 13.0. The third-order valence-electron chi connectivity index (χ3n) is 5.07. The molecule has 0 radical (unpaired) electrons. The van der Waals surface area contributed by atoms with Gasteiger partial charge in [-0.15, -0.1) is 0 Å². The van der Waals surface area contributed by atoms with E-state index in [1.54, 1.807) is 42.5 Å². The molecule has 0 N–H and O–H groups in total. The fraction of sp³-hybridized carbons (Fsp3) is 0.318. The summed E-state index contributed by atoms with van der Waals surface area (Å²) >= 11 is 12.2. The maximum atomic E-state index is 13.0. The molecule has 0 unspecified atom stereocenters. The van der Waals surface area contributed by atoms with E-state index in [2.05, 4.69) is 0 Å². The molecule has 2 aromatic rings. The predicted octanol–water partition coefficient (Wildman–Crippen LogP) is 3.22. The topological polar surface area (TPSA) is 70.2 Å². The third-order valence-corrected chi connectivity index (χ3v) is 5.72. The van der Waals surface area contributed by atoms with Crippen molar-refractivity contribution in [3.63, 3.8) is 0 Å². The first-order valence-electron chi connectivity index (χ1n) is 9.69. The molecule has 3 rings (SSSR count). The van der Waals surface area contributed by atoms with E-state index in [4.69, 9.17) is 27.9 Å². The van der Waals surface area contributed by atoms with Gasteiger partial charge in [0.25, 0.3) is 5.91 Å². The van der Waals surface area contributed by atoms with Crippen molar-refractivity contribution >= 4 is 46.6 Å². The zero-order chi connectivity index (χ0) is 22.5. The van der Waals surface area contributed by atoms with Gasteiger partial charge in [-0.2, -0.15) is 0 Å². The Morgan fingerprint density at radius 3 is 2.61 bits per heavy atom. The summed E-state index contributed by atoms with van der Waals surface area (Å²) in [6, 6.07) is 11.8. The van der Waals surface area contributed by atoms with Gasteiger partial charge in [-0.25, -0.2) is 0 Å². The second kappa shape index (κ2) is 10.1. The van der Waals surface area contributed by atoms with Crippen LogP contribution >= 0.6 is 23.2 Å². The molecule has 3 amide bonds. The lowest BCUT2D eigenvalue weighted by atomic mass is 10.2. The Balaban J connectivity index is 1.73. The molecule has 1 fully saturated rings. The first-order chi connectivity index (χ1) is 14.8. The molecule has 164 valence electrons. The van der Waals surface area contributed by atoms with E-state index in [9.17, 15) is 14.4 Å². The van der Waals surface area contributed by atoms with Gasteiger partial charge in [0.05, 0.1) is 6.61 Å². The van der Waals surface area contributed by atoms with Crippen LogP contribution in [0.5, 0.6) is 0 Å². The predicted molar refractivity (Wildman–Crippen MR) is 119 cm³/mol. The van der Waals surface area contributed by atoms with E-state index in [1.807, 2.05) is 6.92 Å². The van der Waals surface area contributed by atoms with Crippen LogP contribution in [0, 0.1) is 6.92 Å². The summed E-state index contributed by atoms with van der Waals surface area (Å²) in [6.45, 7) is 2.19. The summed E-state index contributed by atoms with van der Waals surface area (Å²) in [6.07, 6.45) is 0. The number of benzene rings is 2. The molecule has 0 saturated carbocycles. The van der Waals surface area contributed by atoms with Crippen LogP contribution in [-0.4, -0.2) is 67.5 Å². The van der Waals surface area contributed by atoms with Crippen molar-refractivity contribution in [1.82, 2.24) is 9.80 Å². The number of carbonyl (C=O) groups is 3. The summed E-state index contributed by atoms with van der Waals surface area (Å²) in [5, 5.41) is 0.981. The standard InChI is InChI=1S/C22H23Cl2N3O4/c1-15-18(24)7-4-8-19(15)27-14-26(13-21(27)29)20(28)12-25(9-10-31-2)22(30)16-5-3-6-17(23)11-16/h3-8,11H,9-10,12-14H2,1-2H3. The van der Waals surface area contributed by atoms with Crippen molar-refractivity contribution in [1.29, 1.82) is 0 Å². The minimum absolute atomic E-state index is 0.0612. The van der Waals surface area contributed by atoms with Gasteiger partial charge >= 0.3 is 0 Å². The highest BCUT2D eigenvalue weighted by molar-refractivity contribution is 6.32. The Kier molecular flexibility index (Phi) is 7.54. The van der Waals surface area contributed by atoms with Gasteiger partial charge in [-0.05, 0) is 42.8 Å². The van der Waals surface area contributed by atoms with Gasteiger partial charge in [-0.1, -0.05) is 35.3 Å². The minimum atomic E-state index is -0.332. The van der Waals surface area contributed by atoms with Crippen LogP contribution in [0.2, 0.25) is 10.0 Å². The van der Waals surface area contributed by atoms with E-state index in [1.165, 1.54) is 21.8 Å². The number of anilines is 1. The summed E-state index contributed by atoms with van der Waals surface area (Å²) in [5.74, 6) is -0.869. The summed E-state index contributed by atoms with van der Waals surface area (Å²) in [5.41, 5.74) is 1.81. The monoisotopic (exact) mass is 463 g/mol. The van der Waals surface area contributed by atoms with Gasteiger partial charge < -0.3 is 14.5 Å². The molecule has 0 aliphatic carbocycles. The van der Waals surface area contributed by atoms with Crippen LogP contribution in [-0.2, 0) is 14.3 Å². The highest BCUT2D eigenvalue weighted by Crippen LogP contribution is 2.28.